The molecule has 7 nitrogen and oxygen atoms in total. The third-order valence-corrected chi connectivity index (χ3v) is 5.33. The molecular formula is C23H25N5O2. The lowest BCUT2D eigenvalue weighted by atomic mass is 9.97. The maximum absolute atomic E-state index is 13.1. The van der Waals surface area contributed by atoms with E-state index in [4.69, 9.17) is 0 Å². The van der Waals surface area contributed by atoms with Crippen LogP contribution in [0.1, 0.15) is 34.7 Å². The summed E-state index contributed by atoms with van der Waals surface area (Å²) >= 11 is 0. The minimum absolute atomic E-state index is 0.100. The van der Waals surface area contributed by atoms with Crippen LogP contribution >= 0.6 is 0 Å². The Labute approximate surface area is 175 Å². The van der Waals surface area contributed by atoms with Gasteiger partial charge in [0.2, 0.25) is 5.91 Å². The molecule has 1 fully saturated rings. The zero-order valence-corrected chi connectivity index (χ0v) is 17.2. The average Bonchev–Trinajstić information content (AvgIpc) is 3.15. The molecule has 1 aliphatic rings. The number of hydrogen-bond donors (Lipinski definition) is 1. The van der Waals surface area contributed by atoms with Crippen LogP contribution in [0.2, 0.25) is 0 Å². The summed E-state index contributed by atoms with van der Waals surface area (Å²) in [6.07, 6.45) is 1.53. The van der Waals surface area contributed by atoms with Gasteiger partial charge >= 0.3 is 0 Å². The van der Waals surface area contributed by atoms with Crippen LogP contribution in [0.4, 0.5) is 5.82 Å². The number of nitrogens with one attached hydrogen (secondary N) is 1. The van der Waals surface area contributed by atoms with Crippen LogP contribution in [0.15, 0.2) is 54.6 Å². The Kier molecular flexibility index (Phi) is 5.61. The van der Waals surface area contributed by atoms with Crippen LogP contribution in [0.3, 0.4) is 0 Å². The number of piperidine rings is 1. The van der Waals surface area contributed by atoms with Gasteiger partial charge in [0.15, 0.2) is 5.69 Å². The van der Waals surface area contributed by atoms with Crippen LogP contribution in [-0.4, -0.2) is 44.6 Å². The summed E-state index contributed by atoms with van der Waals surface area (Å²) in [5.74, 6) is 0.0403. The normalized spacial score (nSPS) is 16.3. The number of likely N-dealkylation sites (tertiary alicyclic amines) is 1. The number of para-hydroxylation sites is 1. The third kappa shape index (κ3) is 4.25. The number of rotatable bonds is 4. The van der Waals surface area contributed by atoms with Gasteiger partial charge in [0.1, 0.15) is 5.82 Å². The van der Waals surface area contributed by atoms with Crippen molar-refractivity contribution < 1.29 is 9.59 Å². The van der Waals surface area contributed by atoms with Crippen LogP contribution in [0.25, 0.3) is 5.69 Å². The first-order chi connectivity index (χ1) is 14.5. The molecule has 0 radical (unpaired) electrons. The van der Waals surface area contributed by atoms with E-state index in [0.29, 0.717) is 24.6 Å². The Hall–Kier alpha value is -3.48. The van der Waals surface area contributed by atoms with Crippen molar-refractivity contribution in [2.24, 2.45) is 5.92 Å². The first-order valence-corrected chi connectivity index (χ1v) is 10.2. The van der Waals surface area contributed by atoms with Crippen LogP contribution < -0.4 is 5.32 Å². The molecule has 1 saturated heterocycles. The summed E-state index contributed by atoms with van der Waals surface area (Å²) in [7, 11) is 0. The summed E-state index contributed by atoms with van der Waals surface area (Å²) in [5, 5.41) is 7.40. The van der Waals surface area contributed by atoms with E-state index < -0.39 is 0 Å². The molecule has 0 saturated carbocycles. The standard InChI is InChI=1S/C23H25N5O2/c1-16-8-6-12-21(24-16)25-22(29)18-9-7-13-27(15-18)23(30)20-14-17(2)28(26-20)19-10-4-3-5-11-19/h3-6,8,10-12,14,18H,7,9,13,15H2,1-2H3,(H,24,25,29). The Bertz CT molecular complexity index is 1060. The molecule has 30 heavy (non-hydrogen) atoms. The minimum atomic E-state index is -0.262. The van der Waals surface area contributed by atoms with Crippen molar-refractivity contribution in [1.82, 2.24) is 19.7 Å². The zero-order valence-electron chi connectivity index (χ0n) is 17.2. The summed E-state index contributed by atoms with van der Waals surface area (Å²) in [6.45, 7) is 4.82. The number of carbonyl (C=O) groups is 2. The van der Waals surface area contributed by atoms with Gasteiger partial charge in [-0.15, -0.1) is 0 Å². The maximum Gasteiger partial charge on any atom is 0.274 e. The van der Waals surface area contributed by atoms with Gasteiger partial charge in [-0.05, 0) is 57.0 Å². The number of nitrogens with zero attached hydrogens (tertiary/aromatic N) is 4. The van der Waals surface area contributed by atoms with Crippen LogP contribution in [-0.2, 0) is 4.79 Å². The fraction of sp³-hybridized carbons (Fsp3) is 0.304. The lowest BCUT2D eigenvalue weighted by Gasteiger charge is -2.31. The number of amides is 2. The van der Waals surface area contributed by atoms with Gasteiger partial charge in [-0.1, -0.05) is 24.3 Å². The van der Waals surface area contributed by atoms with Crippen molar-refractivity contribution in [3.05, 3.63) is 71.7 Å². The third-order valence-electron chi connectivity index (χ3n) is 5.33. The molecule has 2 amide bonds. The van der Waals surface area contributed by atoms with E-state index >= 15 is 0 Å². The van der Waals surface area contributed by atoms with Crippen molar-refractivity contribution in [3.63, 3.8) is 0 Å². The van der Waals surface area contributed by atoms with Gasteiger partial charge in [-0.25, -0.2) is 9.67 Å². The highest BCUT2D eigenvalue weighted by Gasteiger charge is 2.30. The minimum Gasteiger partial charge on any atom is -0.336 e. The maximum atomic E-state index is 13.1. The smallest absolute Gasteiger partial charge is 0.274 e. The number of hydrogen-bond acceptors (Lipinski definition) is 4. The van der Waals surface area contributed by atoms with E-state index in [-0.39, 0.29) is 17.7 Å². The summed E-state index contributed by atoms with van der Waals surface area (Å²) in [5.41, 5.74) is 3.05. The van der Waals surface area contributed by atoms with Gasteiger partial charge < -0.3 is 10.2 Å². The molecule has 1 unspecified atom stereocenters. The van der Waals surface area contributed by atoms with Crippen LogP contribution in [0, 0.1) is 19.8 Å². The second-order valence-corrected chi connectivity index (χ2v) is 7.66. The van der Waals surface area contributed by atoms with E-state index in [1.54, 1.807) is 21.7 Å². The number of aryl methyl sites for hydroxylation is 2. The lowest BCUT2D eigenvalue weighted by Crippen LogP contribution is -2.44. The molecule has 3 aromatic rings. The summed E-state index contributed by atoms with van der Waals surface area (Å²) < 4.78 is 1.77. The van der Waals surface area contributed by atoms with Gasteiger partial charge in [0, 0.05) is 24.5 Å². The SMILES string of the molecule is Cc1cccc(NC(=O)C2CCCN(C(=O)c3cc(C)n(-c4ccccc4)n3)C2)n1. The number of benzene rings is 1. The molecule has 154 valence electrons. The number of aromatic nitrogens is 3. The second-order valence-electron chi connectivity index (χ2n) is 7.66. The fourth-order valence-corrected chi connectivity index (χ4v) is 3.79. The summed E-state index contributed by atoms with van der Waals surface area (Å²) in [6, 6.07) is 17.0. The Morgan fingerprint density at radius 1 is 1.07 bits per heavy atom. The fourth-order valence-electron chi connectivity index (χ4n) is 3.79. The van der Waals surface area contributed by atoms with E-state index in [1.165, 1.54) is 0 Å². The molecular weight excluding hydrogens is 378 g/mol. The number of carbonyl (C=O) groups excluding carboxylic acids is 2. The lowest BCUT2D eigenvalue weighted by molar-refractivity contribution is -0.121. The molecule has 1 aliphatic heterocycles. The molecule has 4 rings (SSSR count). The highest BCUT2D eigenvalue weighted by atomic mass is 16.2. The number of anilines is 1. The quantitative estimate of drug-likeness (QED) is 0.724. The molecule has 1 N–H and O–H groups in total. The van der Waals surface area contributed by atoms with Crippen molar-refractivity contribution in [2.45, 2.75) is 26.7 Å². The van der Waals surface area contributed by atoms with Crippen molar-refractivity contribution in [1.29, 1.82) is 0 Å². The van der Waals surface area contributed by atoms with Crippen LogP contribution in [0.5, 0.6) is 0 Å². The predicted molar refractivity (Wildman–Crippen MR) is 115 cm³/mol. The molecule has 0 bridgehead atoms. The van der Waals surface area contributed by atoms with E-state index in [1.807, 2.05) is 56.3 Å². The molecule has 7 heteroatoms. The van der Waals surface area contributed by atoms with E-state index in [2.05, 4.69) is 15.4 Å². The average molecular weight is 403 g/mol. The summed E-state index contributed by atoms with van der Waals surface area (Å²) in [4.78, 5) is 31.8. The van der Waals surface area contributed by atoms with Crippen molar-refractivity contribution in [3.8, 4) is 5.69 Å². The largest absolute Gasteiger partial charge is 0.336 e. The van der Waals surface area contributed by atoms with Crippen molar-refractivity contribution in [2.75, 3.05) is 18.4 Å². The molecule has 1 aromatic carbocycles. The molecule has 2 aromatic heterocycles. The Balaban J connectivity index is 1.45. The molecule has 1 atom stereocenters. The van der Waals surface area contributed by atoms with Gasteiger partial charge in [0.05, 0.1) is 11.6 Å². The monoisotopic (exact) mass is 403 g/mol. The van der Waals surface area contributed by atoms with E-state index in [0.717, 1.165) is 29.9 Å². The highest BCUT2D eigenvalue weighted by Crippen LogP contribution is 2.21. The van der Waals surface area contributed by atoms with E-state index in [9.17, 15) is 9.59 Å². The molecule has 0 spiro atoms. The second kappa shape index (κ2) is 8.49. The highest BCUT2D eigenvalue weighted by molar-refractivity contribution is 5.95. The molecule has 0 aliphatic carbocycles. The Morgan fingerprint density at radius 3 is 2.63 bits per heavy atom. The van der Waals surface area contributed by atoms with Crippen molar-refractivity contribution >= 4 is 17.6 Å². The van der Waals surface area contributed by atoms with Gasteiger partial charge in [-0.3, -0.25) is 9.59 Å². The first kappa shape index (κ1) is 19.8. The number of pyridine rings is 1. The van der Waals surface area contributed by atoms with Gasteiger partial charge in [-0.2, -0.15) is 5.10 Å². The zero-order chi connectivity index (χ0) is 21.1. The Morgan fingerprint density at radius 2 is 1.87 bits per heavy atom. The predicted octanol–water partition coefficient (Wildman–Crippen LogP) is 3.38. The molecule has 3 heterocycles. The van der Waals surface area contributed by atoms with Gasteiger partial charge in [0.25, 0.3) is 5.91 Å². The first-order valence-electron chi connectivity index (χ1n) is 10.2. The topological polar surface area (TPSA) is 80.1 Å².